The first-order valence-corrected chi connectivity index (χ1v) is 8.53. The molecule has 1 amide bonds. The van der Waals surface area contributed by atoms with Gasteiger partial charge in [0, 0.05) is 19.7 Å². The van der Waals surface area contributed by atoms with Gasteiger partial charge in [-0.2, -0.15) is 10.4 Å². The number of aromatic nitrogens is 2. The lowest BCUT2D eigenvalue weighted by atomic mass is 10.2. The predicted molar refractivity (Wildman–Crippen MR) is 83.5 cm³/mol. The summed E-state index contributed by atoms with van der Waals surface area (Å²) in [6.07, 6.45) is 3.90. The van der Waals surface area contributed by atoms with E-state index in [4.69, 9.17) is 5.26 Å². The van der Waals surface area contributed by atoms with Crippen LogP contribution in [0.2, 0.25) is 0 Å². The molecule has 2 rings (SSSR count). The first-order valence-electron chi connectivity index (χ1n) is 6.88. The highest BCUT2D eigenvalue weighted by Gasteiger charge is 2.15. The molecule has 1 N–H and O–H groups in total. The number of hydrogen-bond acceptors (Lipinski definition) is 5. The number of rotatable bonds is 6. The largest absolute Gasteiger partial charge is 0.276 e. The molecule has 0 atom stereocenters. The molecule has 0 aliphatic rings. The van der Waals surface area contributed by atoms with E-state index >= 15 is 0 Å². The summed E-state index contributed by atoms with van der Waals surface area (Å²) in [4.78, 5) is 11.8. The Hall–Kier alpha value is -2.66. The minimum absolute atomic E-state index is 0.0678. The molecule has 0 unspecified atom stereocenters. The molecule has 1 aromatic carbocycles. The van der Waals surface area contributed by atoms with Gasteiger partial charge in [0.25, 0.3) is 0 Å². The van der Waals surface area contributed by atoms with E-state index in [1.54, 1.807) is 36.3 Å². The van der Waals surface area contributed by atoms with Gasteiger partial charge in [-0.3, -0.25) is 14.2 Å². The maximum atomic E-state index is 12.0. The maximum Gasteiger partial charge on any atom is 0.239 e. The SMILES string of the molecule is Cn1cc(CCC(=O)NS(=O)(=O)Cc2ccc(C#N)cc2)cn1. The second kappa shape index (κ2) is 7.07. The van der Waals surface area contributed by atoms with Crippen LogP contribution in [0.5, 0.6) is 0 Å². The summed E-state index contributed by atoms with van der Waals surface area (Å²) >= 11 is 0. The van der Waals surface area contributed by atoms with Gasteiger partial charge < -0.3 is 0 Å². The summed E-state index contributed by atoms with van der Waals surface area (Å²) in [5.74, 6) is -0.861. The molecule has 0 saturated carbocycles. The van der Waals surface area contributed by atoms with Crippen LogP contribution in [0, 0.1) is 11.3 Å². The minimum atomic E-state index is -3.76. The van der Waals surface area contributed by atoms with Gasteiger partial charge in [0.15, 0.2) is 0 Å². The van der Waals surface area contributed by atoms with Crippen LogP contribution in [0.4, 0.5) is 0 Å². The lowest BCUT2D eigenvalue weighted by Gasteiger charge is -2.06. The molecular weight excluding hydrogens is 316 g/mol. The van der Waals surface area contributed by atoms with E-state index in [1.807, 2.05) is 6.07 Å². The molecule has 1 heterocycles. The lowest BCUT2D eigenvalue weighted by molar-refractivity contribution is -0.119. The highest BCUT2D eigenvalue weighted by atomic mass is 32.2. The normalized spacial score (nSPS) is 11.0. The van der Waals surface area contributed by atoms with Crippen LogP contribution in [0.1, 0.15) is 23.1 Å². The first kappa shape index (κ1) is 16.7. The number of aryl methyl sites for hydroxylation is 2. The molecule has 0 bridgehead atoms. The van der Waals surface area contributed by atoms with Crippen molar-refractivity contribution >= 4 is 15.9 Å². The first-order chi connectivity index (χ1) is 10.9. The molecule has 0 spiro atoms. The minimum Gasteiger partial charge on any atom is -0.276 e. The van der Waals surface area contributed by atoms with Gasteiger partial charge in [0.05, 0.1) is 23.6 Å². The average molecular weight is 332 g/mol. The fourth-order valence-corrected chi connectivity index (χ4v) is 3.17. The monoisotopic (exact) mass is 332 g/mol. The molecule has 0 saturated heterocycles. The number of nitrogens with one attached hydrogen (secondary N) is 1. The molecule has 2 aromatic rings. The molecular formula is C15H16N4O3S. The van der Waals surface area contributed by atoms with Crippen molar-refractivity contribution in [3.05, 3.63) is 53.3 Å². The summed E-state index contributed by atoms with van der Waals surface area (Å²) in [5.41, 5.74) is 1.83. The Morgan fingerprint density at radius 3 is 2.57 bits per heavy atom. The van der Waals surface area contributed by atoms with E-state index in [-0.39, 0.29) is 12.2 Å². The number of carbonyl (C=O) groups is 1. The van der Waals surface area contributed by atoms with E-state index in [0.717, 1.165) is 5.56 Å². The molecule has 0 aliphatic heterocycles. The van der Waals surface area contributed by atoms with Crippen molar-refractivity contribution in [1.29, 1.82) is 5.26 Å². The van der Waals surface area contributed by atoms with Gasteiger partial charge in [-0.15, -0.1) is 0 Å². The Morgan fingerprint density at radius 1 is 1.30 bits per heavy atom. The average Bonchev–Trinajstić information content (AvgIpc) is 2.91. The number of hydrogen-bond donors (Lipinski definition) is 1. The van der Waals surface area contributed by atoms with Gasteiger partial charge in [0.1, 0.15) is 0 Å². The standard InChI is InChI=1S/C15H16N4O3S/c1-19-10-14(9-17-19)6-7-15(20)18-23(21,22)11-13-4-2-12(8-16)3-5-13/h2-5,9-10H,6-7,11H2,1H3,(H,18,20). The highest BCUT2D eigenvalue weighted by molar-refractivity contribution is 7.89. The smallest absolute Gasteiger partial charge is 0.239 e. The summed E-state index contributed by atoms with van der Waals surface area (Å²) in [5, 5.41) is 12.7. The predicted octanol–water partition coefficient (Wildman–Crippen LogP) is 0.871. The number of benzene rings is 1. The van der Waals surface area contributed by atoms with E-state index < -0.39 is 15.9 Å². The van der Waals surface area contributed by atoms with E-state index in [2.05, 4.69) is 9.82 Å². The quantitative estimate of drug-likeness (QED) is 0.845. The van der Waals surface area contributed by atoms with Crippen LogP contribution in [0.15, 0.2) is 36.7 Å². The topological polar surface area (TPSA) is 105 Å². The van der Waals surface area contributed by atoms with Crippen LogP contribution < -0.4 is 4.72 Å². The Labute approximate surface area is 134 Å². The molecule has 120 valence electrons. The zero-order valence-electron chi connectivity index (χ0n) is 12.6. The van der Waals surface area contributed by atoms with E-state index in [9.17, 15) is 13.2 Å². The summed E-state index contributed by atoms with van der Waals surface area (Å²) in [6, 6.07) is 8.14. The molecule has 0 radical (unpaired) electrons. The second-order valence-electron chi connectivity index (χ2n) is 5.12. The zero-order valence-corrected chi connectivity index (χ0v) is 13.4. The van der Waals surface area contributed by atoms with Gasteiger partial charge in [-0.1, -0.05) is 12.1 Å². The fraction of sp³-hybridized carbons (Fsp3) is 0.267. The number of amides is 1. The molecule has 7 nitrogen and oxygen atoms in total. The molecule has 8 heteroatoms. The van der Waals surface area contributed by atoms with Crippen LogP contribution >= 0.6 is 0 Å². The van der Waals surface area contributed by atoms with Crippen molar-refractivity contribution in [3.8, 4) is 6.07 Å². The summed E-state index contributed by atoms with van der Waals surface area (Å²) in [6.45, 7) is 0. The van der Waals surface area contributed by atoms with Gasteiger partial charge >= 0.3 is 0 Å². The van der Waals surface area contributed by atoms with E-state index in [0.29, 0.717) is 17.5 Å². The van der Waals surface area contributed by atoms with E-state index in [1.165, 1.54) is 12.1 Å². The Bertz CT molecular complexity index is 832. The van der Waals surface area contributed by atoms with Crippen molar-refractivity contribution in [3.63, 3.8) is 0 Å². The number of carbonyl (C=O) groups excluding carboxylic acids is 1. The van der Waals surface area contributed by atoms with Gasteiger partial charge in [-0.05, 0) is 29.7 Å². The van der Waals surface area contributed by atoms with Crippen LogP contribution in [0.25, 0.3) is 0 Å². The van der Waals surface area contributed by atoms with Crippen LogP contribution in [0.3, 0.4) is 0 Å². The maximum absolute atomic E-state index is 12.0. The fourth-order valence-electron chi connectivity index (χ4n) is 2.01. The molecule has 0 aliphatic carbocycles. The van der Waals surface area contributed by atoms with Crippen molar-refractivity contribution in [1.82, 2.24) is 14.5 Å². The Balaban J connectivity index is 1.89. The van der Waals surface area contributed by atoms with Gasteiger partial charge in [0.2, 0.25) is 15.9 Å². The summed E-state index contributed by atoms with van der Waals surface area (Å²) < 4.78 is 27.6. The van der Waals surface area contributed by atoms with Crippen LogP contribution in [-0.2, 0) is 34.0 Å². The number of sulfonamides is 1. The third kappa shape index (κ3) is 5.23. The number of nitrogens with zero attached hydrogens (tertiary/aromatic N) is 3. The van der Waals surface area contributed by atoms with Crippen molar-refractivity contribution in [2.45, 2.75) is 18.6 Å². The van der Waals surface area contributed by atoms with Crippen molar-refractivity contribution < 1.29 is 13.2 Å². The lowest BCUT2D eigenvalue weighted by Crippen LogP contribution is -2.31. The zero-order chi connectivity index (χ0) is 16.9. The third-order valence-corrected chi connectivity index (χ3v) is 4.36. The molecule has 23 heavy (non-hydrogen) atoms. The van der Waals surface area contributed by atoms with Gasteiger partial charge in [-0.25, -0.2) is 8.42 Å². The van der Waals surface area contributed by atoms with Crippen molar-refractivity contribution in [2.75, 3.05) is 0 Å². The third-order valence-electron chi connectivity index (χ3n) is 3.11. The van der Waals surface area contributed by atoms with Crippen LogP contribution in [-0.4, -0.2) is 24.1 Å². The summed E-state index contributed by atoms with van der Waals surface area (Å²) in [7, 11) is -1.99. The molecule has 0 fully saturated rings. The highest BCUT2D eigenvalue weighted by Crippen LogP contribution is 2.08. The Kier molecular flexibility index (Phi) is 5.13. The Morgan fingerprint density at radius 2 is 2.00 bits per heavy atom. The second-order valence-corrected chi connectivity index (χ2v) is 6.84. The molecule has 1 aromatic heterocycles. The van der Waals surface area contributed by atoms with Crippen molar-refractivity contribution in [2.24, 2.45) is 7.05 Å². The number of nitriles is 1.